The molecule has 0 bridgehead atoms. The lowest BCUT2D eigenvalue weighted by Crippen LogP contribution is -2.33. The minimum absolute atomic E-state index is 0.0154. The van der Waals surface area contributed by atoms with Crippen LogP contribution in [0.4, 0.5) is 5.00 Å². The topological polar surface area (TPSA) is 91.0 Å². The van der Waals surface area contributed by atoms with Gasteiger partial charge in [0.15, 0.2) is 5.69 Å². The monoisotopic (exact) mass is 329 g/mol. The molecule has 23 heavy (non-hydrogen) atoms. The highest BCUT2D eigenvalue weighted by Gasteiger charge is 2.26. The number of carbonyl (C=O) groups is 2. The molecule has 3 rings (SSSR count). The summed E-state index contributed by atoms with van der Waals surface area (Å²) in [4.78, 5) is 26.4. The lowest BCUT2D eigenvalue weighted by molar-refractivity contribution is -0.129. The Balaban J connectivity index is 1.88. The number of hydrogen-bond donors (Lipinski definition) is 1. The molecule has 1 aliphatic rings. The van der Waals surface area contributed by atoms with Crippen molar-refractivity contribution in [1.29, 1.82) is 5.26 Å². The van der Waals surface area contributed by atoms with E-state index in [-0.39, 0.29) is 11.8 Å². The summed E-state index contributed by atoms with van der Waals surface area (Å²) in [6.45, 7) is 2.62. The third-order valence-corrected chi connectivity index (χ3v) is 4.92. The van der Waals surface area contributed by atoms with Gasteiger partial charge in [-0.05, 0) is 18.1 Å². The van der Waals surface area contributed by atoms with Gasteiger partial charge in [0.2, 0.25) is 5.91 Å². The van der Waals surface area contributed by atoms with Crippen LogP contribution in [0.2, 0.25) is 0 Å². The van der Waals surface area contributed by atoms with E-state index in [2.05, 4.69) is 16.5 Å². The molecule has 8 heteroatoms. The number of rotatable bonds is 2. The predicted octanol–water partition coefficient (Wildman–Crippen LogP) is 1.51. The number of anilines is 1. The summed E-state index contributed by atoms with van der Waals surface area (Å²) in [6, 6.07) is 3.79. The number of thiophene rings is 1. The summed E-state index contributed by atoms with van der Waals surface area (Å²) < 4.78 is 1.55. The molecule has 2 amide bonds. The number of amides is 2. The van der Waals surface area contributed by atoms with Crippen LogP contribution in [0.1, 0.15) is 33.4 Å². The summed E-state index contributed by atoms with van der Waals surface area (Å²) >= 11 is 1.35. The van der Waals surface area contributed by atoms with Gasteiger partial charge in [-0.15, -0.1) is 11.3 Å². The Morgan fingerprint density at radius 3 is 2.87 bits per heavy atom. The molecule has 2 aromatic heterocycles. The maximum absolute atomic E-state index is 12.2. The number of nitrogens with one attached hydrogen (secondary N) is 1. The average molecular weight is 329 g/mol. The van der Waals surface area contributed by atoms with Crippen molar-refractivity contribution in [1.82, 2.24) is 14.7 Å². The molecule has 1 aliphatic heterocycles. The first-order valence-electron chi connectivity index (χ1n) is 7.10. The quantitative estimate of drug-likeness (QED) is 0.904. The van der Waals surface area contributed by atoms with Gasteiger partial charge in [0.25, 0.3) is 5.91 Å². The van der Waals surface area contributed by atoms with E-state index < -0.39 is 0 Å². The number of nitrogens with zero attached hydrogens (tertiary/aromatic N) is 4. The molecular formula is C15H15N5O2S. The van der Waals surface area contributed by atoms with E-state index in [9.17, 15) is 14.9 Å². The van der Waals surface area contributed by atoms with E-state index in [1.54, 1.807) is 28.9 Å². The maximum Gasteiger partial charge on any atom is 0.276 e. The zero-order valence-electron chi connectivity index (χ0n) is 12.8. The van der Waals surface area contributed by atoms with Crippen molar-refractivity contribution in [3.63, 3.8) is 0 Å². The summed E-state index contributed by atoms with van der Waals surface area (Å²) in [7, 11) is 1.73. The second-order valence-electron chi connectivity index (χ2n) is 5.34. The van der Waals surface area contributed by atoms with Crippen LogP contribution in [-0.4, -0.2) is 33.0 Å². The molecule has 0 atom stereocenters. The zero-order valence-corrected chi connectivity index (χ0v) is 13.6. The van der Waals surface area contributed by atoms with Crippen molar-refractivity contribution in [3.8, 4) is 6.07 Å². The molecule has 2 aromatic rings. The molecule has 0 radical (unpaired) electrons. The van der Waals surface area contributed by atoms with Gasteiger partial charge in [-0.25, -0.2) is 0 Å². The molecule has 0 unspecified atom stereocenters. The van der Waals surface area contributed by atoms with Crippen LogP contribution in [0.3, 0.4) is 0 Å². The molecule has 0 aliphatic carbocycles. The first-order chi connectivity index (χ1) is 11.0. The standard InChI is InChI=1S/C15H15N5O2S/c1-9(21)20-6-3-10-11(7-16)15(23-13(10)8-20)17-14(22)12-4-5-19(2)18-12/h4-5H,3,6,8H2,1-2H3,(H,17,22). The molecular weight excluding hydrogens is 314 g/mol. The number of nitriles is 1. The van der Waals surface area contributed by atoms with E-state index in [1.807, 2.05) is 0 Å². The van der Waals surface area contributed by atoms with Gasteiger partial charge < -0.3 is 10.2 Å². The van der Waals surface area contributed by atoms with Gasteiger partial charge >= 0.3 is 0 Å². The van der Waals surface area contributed by atoms with Gasteiger partial charge in [0, 0.05) is 31.6 Å². The van der Waals surface area contributed by atoms with Crippen molar-refractivity contribution in [2.75, 3.05) is 11.9 Å². The van der Waals surface area contributed by atoms with Gasteiger partial charge in [-0.2, -0.15) is 10.4 Å². The predicted molar refractivity (Wildman–Crippen MR) is 85.0 cm³/mol. The molecule has 7 nitrogen and oxygen atoms in total. The first kappa shape index (κ1) is 15.2. The van der Waals surface area contributed by atoms with Crippen molar-refractivity contribution in [2.24, 2.45) is 7.05 Å². The van der Waals surface area contributed by atoms with Gasteiger partial charge in [-0.1, -0.05) is 0 Å². The van der Waals surface area contributed by atoms with E-state index >= 15 is 0 Å². The number of aryl methyl sites for hydroxylation is 1. The fraction of sp³-hybridized carbons (Fsp3) is 0.333. The second kappa shape index (κ2) is 5.85. The van der Waals surface area contributed by atoms with E-state index in [0.717, 1.165) is 10.4 Å². The van der Waals surface area contributed by atoms with Crippen molar-refractivity contribution in [2.45, 2.75) is 19.9 Å². The number of fused-ring (bicyclic) bond motifs is 1. The third-order valence-electron chi connectivity index (χ3n) is 3.79. The lowest BCUT2D eigenvalue weighted by atomic mass is 10.0. The molecule has 0 spiro atoms. The third kappa shape index (κ3) is 2.83. The van der Waals surface area contributed by atoms with Crippen molar-refractivity contribution < 1.29 is 9.59 Å². The smallest absolute Gasteiger partial charge is 0.276 e. The molecule has 3 heterocycles. The zero-order chi connectivity index (χ0) is 16.6. The highest BCUT2D eigenvalue weighted by atomic mass is 32.1. The van der Waals surface area contributed by atoms with Gasteiger partial charge in [0.1, 0.15) is 11.1 Å². The van der Waals surface area contributed by atoms with Crippen LogP contribution in [0.15, 0.2) is 12.3 Å². The van der Waals surface area contributed by atoms with Crippen molar-refractivity contribution >= 4 is 28.2 Å². The Hall–Kier alpha value is -2.66. The Morgan fingerprint density at radius 1 is 1.48 bits per heavy atom. The number of aromatic nitrogens is 2. The van der Waals surface area contributed by atoms with Crippen LogP contribution in [0.5, 0.6) is 0 Å². The summed E-state index contributed by atoms with van der Waals surface area (Å²) in [6.07, 6.45) is 2.32. The Kier molecular flexibility index (Phi) is 3.88. The largest absolute Gasteiger partial charge is 0.337 e. The second-order valence-corrected chi connectivity index (χ2v) is 6.44. The summed E-state index contributed by atoms with van der Waals surface area (Å²) in [5.41, 5.74) is 1.73. The highest BCUT2D eigenvalue weighted by molar-refractivity contribution is 7.16. The van der Waals surface area contributed by atoms with E-state index in [1.165, 1.54) is 18.3 Å². The lowest BCUT2D eigenvalue weighted by Gasteiger charge is -2.25. The van der Waals surface area contributed by atoms with Gasteiger partial charge in [-0.3, -0.25) is 14.3 Å². The van der Waals surface area contributed by atoms with Crippen LogP contribution in [-0.2, 0) is 24.8 Å². The van der Waals surface area contributed by atoms with Crippen LogP contribution in [0, 0.1) is 11.3 Å². The molecule has 0 saturated heterocycles. The molecule has 0 saturated carbocycles. The van der Waals surface area contributed by atoms with E-state index in [0.29, 0.717) is 35.8 Å². The summed E-state index contributed by atoms with van der Waals surface area (Å²) in [5.74, 6) is -0.328. The normalized spacial score (nSPS) is 13.3. The molecule has 118 valence electrons. The molecule has 0 fully saturated rings. The summed E-state index contributed by atoms with van der Waals surface area (Å²) in [5, 5.41) is 16.8. The number of hydrogen-bond acceptors (Lipinski definition) is 5. The molecule has 0 aromatic carbocycles. The minimum atomic E-state index is -0.343. The van der Waals surface area contributed by atoms with Crippen molar-refractivity contribution in [3.05, 3.63) is 34.0 Å². The minimum Gasteiger partial charge on any atom is -0.337 e. The van der Waals surface area contributed by atoms with Crippen LogP contribution >= 0.6 is 11.3 Å². The average Bonchev–Trinajstić information content (AvgIpc) is 3.09. The fourth-order valence-corrected chi connectivity index (χ4v) is 3.79. The van der Waals surface area contributed by atoms with Gasteiger partial charge in [0.05, 0.1) is 12.1 Å². The van der Waals surface area contributed by atoms with E-state index in [4.69, 9.17) is 0 Å². The SMILES string of the molecule is CC(=O)N1CCc2c(sc(NC(=O)c3ccn(C)n3)c2C#N)C1. The Labute approximate surface area is 137 Å². The van der Waals surface area contributed by atoms with Crippen LogP contribution < -0.4 is 5.32 Å². The first-order valence-corrected chi connectivity index (χ1v) is 7.92. The maximum atomic E-state index is 12.2. The molecule has 1 N–H and O–H groups in total. The van der Waals surface area contributed by atoms with Crippen LogP contribution in [0.25, 0.3) is 0 Å². The highest BCUT2D eigenvalue weighted by Crippen LogP contribution is 2.36. The fourth-order valence-electron chi connectivity index (χ4n) is 2.58. The Morgan fingerprint density at radius 2 is 2.26 bits per heavy atom. The Bertz CT molecular complexity index is 830. The number of carbonyl (C=O) groups excluding carboxylic acids is 2.